The predicted molar refractivity (Wildman–Crippen MR) is 101 cm³/mol. The monoisotopic (exact) mass is 349 g/mol. The normalized spacial score (nSPS) is 11.4. The van der Waals surface area contributed by atoms with Crippen molar-refractivity contribution in [3.8, 4) is 0 Å². The molecular weight excluding hydrogens is 322 g/mol. The van der Waals surface area contributed by atoms with Crippen molar-refractivity contribution in [3.05, 3.63) is 34.5 Å². The zero-order chi connectivity index (χ0) is 17.7. The highest BCUT2D eigenvalue weighted by molar-refractivity contribution is 6.31. The van der Waals surface area contributed by atoms with E-state index in [1.165, 1.54) is 22.2 Å². The molecule has 0 fully saturated rings. The lowest BCUT2D eigenvalue weighted by Gasteiger charge is -2.13. The van der Waals surface area contributed by atoms with Gasteiger partial charge < -0.3 is 9.30 Å². The zero-order valence-electron chi connectivity index (χ0n) is 15.2. The van der Waals surface area contributed by atoms with Crippen molar-refractivity contribution < 1.29 is 9.53 Å². The molecule has 1 aromatic carbocycles. The van der Waals surface area contributed by atoms with Gasteiger partial charge in [-0.3, -0.25) is 4.79 Å². The molecule has 132 valence electrons. The predicted octanol–water partition coefficient (Wildman–Crippen LogP) is 5.54. The lowest BCUT2D eigenvalue weighted by Crippen LogP contribution is -2.15. The van der Waals surface area contributed by atoms with E-state index >= 15 is 0 Å². The Bertz CT molecular complexity index is 703. The van der Waals surface area contributed by atoms with Crippen LogP contribution in [-0.2, 0) is 28.9 Å². The number of hydrogen-bond acceptors (Lipinski definition) is 2. The van der Waals surface area contributed by atoms with Crippen LogP contribution >= 0.6 is 11.6 Å². The fraction of sp³-hybridized carbons (Fsp3) is 0.550. The molecule has 2 rings (SSSR count). The van der Waals surface area contributed by atoms with Crippen LogP contribution in [0, 0.1) is 0 Å². The molecule has 0 unspecified atom stereocenters. The first-order valence-corrected chi connectivity index (χ1v) is 9.34. The first kappa shape index (κ1) is 18.9. The van der Waals surface area contributed by atoms with E-state index in [2.05, 4.69) is 24.5 Å². The summed E-state index contributed by atoms with van der Waals surface area (Å²) in [5.74, 6) is -0.139. The van der Waals surface area contributed by atoms with Crippen molar-refractivity contribution in [2.45, 2.75) is 72.4 Å². The average molecular weight is 350 g/mol. The van der Waals surface area contributed by atoms with Gasteiger partial charge in [0.25, 0.3) is 0 Å². The van der Waals surface area contributed by atoms with Crippen LogP contribution in [0.1, 0.15) is 58.2 Å². The largest absolute Gasteiger partial charge is 0.463 e. The molecule has 0 bridgehead atoms. The second-order valence-electron chi connectivity index (χ2n) is 6.48. The van der Waals surface area contributed by atoms with Gasteiger partial charge in [0.15, 0.2) is 0 Å². The maximum Gasteiger partial charge on any atom is 0.307 e. The molecule has 0 atom stereocenters. The second-order valence-corrected chi connectivity index (χ2v) is 6.92. The Morgan fingerprint density at radius 3 is 2.67 bits per heavy atom. The van der Waals surface area contributed by atoms with Gasteiger partial charge in [-0.15, -0.1) is 0 Å². The molecule has 2 aromatic rings. The third-order valence-electron chi connectivity index (χ3n) is 4.28. The summed E-state index contributed by atoms with van der Waals surface area (Å²) in [5.41, 5.74) is 3.87. The van der Waals surface area contributed by atoms with Gasteiger partial charge in [0, 0.05) is 28.2 Å². The van der Waals surface area contributed by atoms with Crippen LogP contribution in [0.5, 0.6) is 0 Å². The fourth-order valence-electron chi connectivity index (χ4n) is 3.25. The van der Waals surface area contributed by atoms with Crippen LogP contribution in [0.2, 0.25) is 5.02 Å². The first-order valence-electron chi connectivity index (χ1n) is 8.96. The number of rotatable bonds is 8. The number of nitrogens with zero attached hydrogens (tertiary/aromatic N) is 1. The third-order valence-corrected chi connectivity index (χ3v) is 4.51. The van der Waals surface area contributed by atoms with Crippen LogP contribution in [-0.4, -0.2) is 16.6 Å². The molecular formula is C20H28ClNO2. The van der Waals surface area contributed by atoms with Crippen LogP contribution in [0.3, 0.4) is 0 Å². The standard InChI is InChI=1S/C20H28ClNO2/c1-5-7-8-18-16(6-2)17-13-15(21)9-10-19(17)22(18)12-11-20(23)24-14(3)4/h9-10,13-14H,5-8,11-12H2,1-4H3. The Hall–Kier alpha value is -1.48. The Balaban J connectivity index is 2.39. The summed E-state index contributed by atoms with van der Waals surface area (Å²) in [6.45, 7) is 8.81. The van der Waals surface area contributed by atoms with Gasteiger partial charge in [0.05, 0.1) is 12.5 Å². The molecule has 0 aliphatic heterocycles. The van der Waals surface area contributed by atoms with Crippen molar-refractivity contribution in [1.29, 1.82) is 0 Å². The van der Waals surface area contributed by atoms with Crippen molar-refractivity contribution in [2.24, 2.45) is 0 Å². The van der Waals surface area contributed by atoms with Gasteiger partial charge in [-0.25, -0.2) is 0 Å². The van der Waals surface area contributed by atoms with Crippen molar-refractivity contribution in [2.75, 3.05) is 0 Å². The number of carbonyl (C=O) groups excluding carboxylic acids is 1. The molecule has 0 aliphatic carbocycles. The van der Waals surface area contributed by atoms with E-state index in [0.717, 1.165) is 30.7 Å². The number of carbonyl (C=O) groups is 1. The number of esters is 1. The Labute approximate surface area is 149 Å². The molecule has 0 amide bonds. The number of aryl methyl sites for hydroxylation is 2. The molecule has 0 saturated carbocycles. The summed E-state index contributed by atoms with van der Waals surface area (Å²) in [6.07, 6.45) is 4.63. The summed E-state index contributed by atoms with van der Waals surface area (Å²) in [6, 6.07) is 6.05. The minimum absolute atomic E-state index is 0.0662. The highest BCUT2D eigenvalue weighted by atomic mass is 35.5. The summed E-state index contributed by atoms with van der Waals surface area (Å²) >= 11 is 6.21. The van der Waals surface area contributed by atoms with Gasteiger partial charge in [-0.05, 0) is 56.9 Å². The van der Waals surface area contributed by atoms with E-state index < -0.39 is 0 Å². The molecule has 24 heavy (non-hydrogen) atoms. The van der Waals surface area contributed by atoms with E-state index in [0.29, 0.717) is 13.0 Å². The van der Waals surface area contributed by atoms with Gasteiger partial charge in [0.1, 0.15) is 0 Å². The molecule has 1 heterocycles. The molecule has 0 aliphatic rings. The Kier molecular flexibility index (Phi) is 6.73. The van der Waals surface area contributed by atoms with E-state index in [4.69, 9.17) is 16.3 Å². The van der Waals surface area contributed by atoms with E-state index in [1.54, 1.807) is 0 Å². The average Bonchev–Trinajstić information content (AvgIpc) is 2.82. The fourth-order valence-corrected chi connectivity index (χ4v) is 3.43. The molecule has 3 nitrogen and oxygen atoms in total. The van der Waals surface area contributed by atoms with E-state index in [-0.39, 0.29) is 12.1 Å². The van der Waals surface area contributed by atoms with Crippen molar-refractivity contribution >= 4 is 28.5 Å². The number of halogens is 1. The van der Waals surface area contributed by atoms with Crippen molar-refractivity contribution in [1.82, 2.24) is 4.57 Å². The molecule has 0 saturated heterocycles. The number of ether oxygens (including phenoxy) is 1. The Morgan fingerprint density at radius 2 is 2.04 bits per heavy atom. The quantitative estimate of drug-likeness (QED) is 0.586. The number of fused-ring (bicyclic) bond motifs is 1. The zero-order valence-corrected chi connectivity index (χ0v) is 15.9. The highest BCUT2D eigenvalue weighted by Crippen LogP contribution is 2.30. The minimum atomic E-state index is -0.139. The van der Waals surface area contributed by atoms with Crippen LogP contribution in [0.15, 0.2) is 18.2 Å². The lowest BCUT2D eigenvalue weighted by molar-refractivity contribution is -0.147. The van der Waals surface area contributed by atoms with Gasteiger partial charge in [-0.2, -0.15) is 0 Å². The number of aromatic nitrogens is 1. The maximum absolute atomic E-state index is 12.0. The number of hydrogen-bond donors (Lipinski definition) is 0. The molecule has 0 radical (unpaired) electrons. The summed E-state index contributed by atoms with van der Waals surface area (Å²) in [4.78, 5) is 12.0. The second kappa shape index (κ2) is 8.57. The SMILES string of the molecule is CCCCc1c(CC)c2cc(Cl)ccc2n1CCC(=O)OC(C)C. The lowest BCUT2D eigenvalue weighted by atomic mass is 10.1. The van der Waals surface area contributed by atoms with Crippen LogP contribution < -0.4 is 0 Å². The highest BCUT2D eigenvalue weighted by Gasteiger charge is 2.17. The van der Waals surface area contributed by atoms with E-state index in [1.807, 2.05) is 26.0 Å². The third kappa shape index (κ3) is 4.32. The van der Waals surface area contributed by atoms with Gasteiger partial charge in [-0.1, -0.05) is 31.9 Å². The Morgan fingerprint density at radius 1 is 1.29 bits per heavy atom. The van der Waals surface area contributed by atoms with Crippen molar-refractivity contribution in [3.63, 3.8) is 0 Å². The van der Waals surface area contributed by atoms with Crippen LogP contribution in [0.4, 0.5) is 0 Å². The molecule has 4 heteroatoms. The molecule has 0 N–H and O–H groups in total. The topological polar surface area (TPSA) is 31.2 Å². The van der Waals surface area contributed by atoms with Gasteiger partial charge in [0.2, 0.25) is 0 Å². The first-order chi connectivity index (χ1) is 11.5. The van der Waals surface area contributed by atoms with Gasteiger partial charge >= 0.3 is 5.97 Å². The minimum Gasteiger partial charge on any atom is -0.463 e. The number of benzene rings is 1. The molecule has 0 spiro atoms. The molecule has 1 aromatic heterocycles. The summed E-state index contributed by atoms with van der Waals surface area (Å²) in [7, 11) is 0. The smallest absolute Gasteiger partial charge is 0.307 e. The summed E-state index contributed by atoms with van der Waals surface area (Å²) in [5, 5.41) is 1.98. The number of unbranched alkanes of at least 4 members (excludes halogenated alkanes) is 1. The maximum atomic E-state index is 12.0. The van der Waals surface area contributed by atoms with Crippen LogP contribution in [0.25, 0.3) is 10.9 Å². The van der Waals surface area contributed by atoms with E-state index in [9.17, 15) is 4.79 Å². The summed E-state index contributed by atoms with van der Waals surface area (Å²) < 4.78 is 7.58.